The number of rotatable bonds is 9. The van der Waals surface area contributed by atoms with Gasteiger partial charge in [-0.15, -0.1) is 0 Å². The fraction of sp³-hybridized carbons (Fsp3) is 0.333. The molecule has 158 valence electrons. The van der Waals surface area contributed by atoms with Gasteiger partial charge in [0.1, 0.15) is 17.0 Å². The van der Waals surface area contributed by atoms with E-state index in [2.05, 4.69) is 5.32 Å². The lowest BCUT2D eigenvalue weighted by Crippen LogP contribution is -2.33. The van der Waals surface area contributed by atoms with Gasteiger partial charge in [-0.1, -0.05) is 38.1 Å². The van der Waals surface area contributed by atoms with Crippen molar-refractivity contribution < 1.29 is 18.7 Å². The van der Waals surface area contributed by atoms with Crippen LogP contribution in [0.15, 0.2) is 52.9 Å². The van der Waals surface area contributed by atoms with E-state index in [9.17, 15) is 9.59 Å². The molecule has 3 aromatic rings. The number of benzene rings is 2. The number of amides is 2. The van der Waals surface area contributed by atoms with Crippen molar-refractivity contribution in [2.24, 2.45) is 0 Å². The van der Waals surface area contributed by atoms with E-state index in [1.165, 1.54) is 0 Å². The second-order valence-corrected chi connectivity index (χ2v) is 7.17. The number of fused-ring (bicyclic) bond motifs is 1. The number of anilines is 1. The first-order valence-electron chi connectivity index (χ1n) is 10.3. The molecule has 6 heteroatoms. The van der Waals surface area contributed by atoms with Crippen molar-refractivity contribution in [1.29, 1.82) is 0 Å². The van der Waals surface area contributed by atoms with E-state index in [1.54, 1.807) is 18.1 Å². The number of carbonyl (C=O) groups is 2. The zero-order valence-corrected chi connectivity index (χ0v) is 17.7. The molecular weight excluding hydrogens is 380 g/mol. The van der Waals surface area contributed by atoms with Gasteiger partial charge in [-0.3, -0.25) is 9.59 Å². The van der Waals surface area contributed by atoms with Gasteiger partial charge in [0.05, 0.1) is 13.5 Å². The Hall–Kier alpha value is -3.28. The van der Waals surface area contributed by atoms with Gasteiger partial charge in [0.2, 0.25) is 11.7 Å². The largest absolute Gasteiger partial charge is 0.497 e. The summed E-state index contributed by atoms with van der Waals surface area (Å²) in [6.07, 6.45) is 1.89. The Kier molecular flexibility index (Phi) is 7.12. The second kappa shape index (κ2) is 9.96. The average molecular weight is 408 g/mol. The van der Waals surface area contributed by atoms with Crippen molar-refractivity contribution >= 4 is 28.5 Å². The Morgan fingerprint density at radius 1 is 1.00 bits per heavy atom. The maximum atomic E-state index is 13.2. The van der Waals surface area contributed by atoms with Gasteiger partial charge in [0.15, 0.2) is 0 Å². The molecule has 1 aromatic heterocycles. The molecular formula is C24H28N2O4. The molecule has 2 amide bonds. The molecule has 3 rings (SSSR count). The summed E-state index contributed by atoms with van der Waals surface area (Å²) in [4.78, 5) is 27.7. The maximum absolute atomic E-state index is 13.2. The Labute approximate surface area is 176 Å². The lowest BCUT2D eigenvalue weighted by molar-refractivity contribution is -0.115. The number of carbonyl (C=O) groups excluding carboxylic acids is 2. The number of para-hydroxylation sites is 1. The van der Waals surface area contributed by atoms with E-state index >= 15 is 0 Å². The number of hydrogen-bond donors (Lipinski definition) is 1. The molecule has 0 fully saturated rings. The highest BCUT2D eigenvalue weighted by molar-refractivity contribution is 6.11. The summed E-state index contributed by atoms with van der Waals surface area (Å²) < 4.78 is 11.1. The summed E-state index contributed by atoms with van der Waals surface area (Å²) >= 11 is 0. The third-order valence-corrected chi connectivity index (χ3v) is 4.85. The van der Waals surface area contributed by atoms with E-state index in [1.807, 2.05) is 56.3 Å². The molecule has 30 heavy (non-hydrogen) atoms. The predicted octanol–water partition coefficient (Wildman–Crippen LogP) is 4.88. The summed E-state index contributed by atoms with van der Waals surface area (Å²) in [6, 6.07) is 14.7. The number of methoxy groups -OCH3 is 1. The summed E-state index contributed by atoms with van der Waals surface area (Å²) in [6.45, 7) is 5.35. The Morgan fingerprint density at radius 3 is 2.30 bits per heavy atom. The zero-order valence-electron chi connectivity index (χ0n) is 17.7. The molecule has 2 aromatic carbocycles. The molecule has 6 nitrogen and oxygen atoms in total. The monoisotopic (exact) mass is 408 g/mol. The van der Waals surface area contributed by atoms with Crippen LogP contribution in [0.5, 0.6) is 5.75 Å². The van der Waals surface area contributed by atoms with Gasteiger partial charge >= 0.3 is 0 Å². The molecule has 0 saturated carbocycles. The highest BCUT2D eigenvalue weighted by Gasteiger charge is 2.25. The molecule has 0 aliphatic carbocycles. The van der Waals surface area contributed by atoms with Crippen LogP contribution in [-0.4, -0.2) is 36.9 Å². The predicted molar refractivity (Wildman–Crippen MR) is 118 cm³/mol. The maximum Gasteiger partial charge on any atom is 0.291 e. The lowest BCUT2D eigenvalue weighted by Gasteiger charge is -2.20. The van der Waals surface area contributed by atoms with Gasteiger partial charge in [-0.25, -0.2) is 0 Å². The summed E-state index contributed by atoms with van der Waals surface area (Å²) in [5.41, 5.74) is 1.87. The van der Waals surface area contributed by atoms with Crippen LogP contribution in [0.4, 0.5) is 5.69 Å². The number of ether oxygens (including phenoxy) is 1. The molecule has 0 aliphatic heterocycles. The number of furan rings is 1. The normalized spacial score (nSPS) is 10.8. The lowest BCUT2D eigenvalue weighted by atomic mass is 10.1. The van der Waals surface area contributed by atoms with Crippen LogP contribution < -0.4 is 10.1 Å². The minimum absolute atomic E-state index is 0.182. The third kappa shape index (κ3) is 4.82. The summed E-state index contributed by atoms with van der Waals surface area (Å²) in [5.74, 6) is 0.508. The van der Waals surface area contributed by atoms with Gasteiger partial charge in [0, 0.05) is 18.5 Å². The van der Waals surface area contributed by atoms with Gasteiger partial charge in [-0.05, 0) is 42.7 Å². The van der Waals surface area contributed by atoms with E-state index in [4.69, 9.17) is 9.15 Å². The first kappa shape index (κ1) is 21.4. The molecule has 1 N–H and O–H groups in total. The van der Waals surface area contributed by atoms with Crippen LogP contribution >= 0.6 is 0 Å². The number of hydrogen-bond acceptors (Lipinski definition) is 4. The van der Waals surface area contributed by atoms with Crippen molar-refractivity contribution in [2.45, 2.75) is 33.1 Å². The van der Waals surface area contributed by atoms with Crippen molar-refractivity contribution in [3.63, 3.8) is 0 Å². The van der Waals surface area contributed by atoms with Crippen LogP contribution in [0.25, 0.3) is 11.0 Å². The molecule has 0 radical (unpaired) electrons. The standard InChI is InChI=1S/C24H28N2O4/c1-4-14-26(15-5-2)24(28)23-22(19-8-6-7-9-20(19)30-23)25-21(27)16-17-10-12-18(29-3)13-11-17/h6-13H,4-5,14-16H2,1-3H3,(H,25,27). The minimum atomic E-state index is -0.210. The molecule has 0 saturated heterocycles. The van der Waals surface area contributed by atoms with Crippen molar-refractivity contribution in [3.05, 3.63) is 59.9 Å². The summed E-state index contributed by atoms with van der Waals surface area (Å²) in [7, 11) is 1.60. The minimum Gasteiger partial charge on any atom is -0.497 e. The van der Waals surface area contributed by atoms with Crippen LogP contribution in [0.3, 0.4) is 0 Å². The Bertz CT molecular complexity index is 1000. The highest BCUT2D eigenvalue weighted by Crippen LogP contribution is 2.32. The first-order valence-corrected chi connectivity index (χ1v) is 10.3. The van der Waals surface area contributed by atoms with Crippen LogP contribution in [-0.2, 0) is 11.2 Å². The quantitative estimate of drug-likeness (QED) is 0.547. The van der Waals surface area contributed by atoms with Crippen LogP contribution in [0.2, 0.25) is 0 Å². The second-order valence-electron chi connectivity index (χ2n) is 7.17. The number of nitrogens with zero attached hydrogens (tertiary/aromatic N) is 1. The Balaban J connectivity index is 1.88. The van der Waals surface area contributed by atoms with E-state index in [0.29, 0.717) is 24.4 Å². The van der Waals surface area contributed by atoms with Gasteiger partial charge in [0.25, 0.3) is 5.91 Å². The molecule has 0 atom stereocenters. The van der Waals surface area contributed by atoms with E-state index in [-0.39, 0.29) is 24.0 Å². The number of nitrogens with one attached hydrogen (secondary N) is 1. The highest BCUT2D eigenvalue weighted by atomic mass is 16.5. The van der Waals surface area contributed by atoms with Crippen LogP contribution in [0, 0.1) is 0 Å². The fourth-order valence-corrected chi connectivity index (χ4v) is 3.43. The zero-order chi connectivity index (χ0) is 21.5. The molecule has 0 unspecified atom stereocenters. The van der Waals surface area contributed by atoms with Crippen molar-refractivity contribution in [2.75, 3.05) is 25.5 Å². The van der Waals surface area contributed by atoms with Gasteiger partial charge < -0.3 is 19.4 Å². The first-order chi connectivity index (χ1) is 14.6. The molecule has 0 bridgehead atoms. The fourth-order valence-electron chi connectivity index (χ4n) is 3.43. The third-order valence-electron chi connectivity index (χ3n) is 4.85. The molecule has 0 aliphatic rings. The smallest absolute Gasteiger partial charge is 0.291 e. The van der Waals surface area contributed by atoms with Gasteiger partial charge in [-0.2, -0.15) is 0 Å². The average Bonchev–Trinajstić information content (AvgIpc) is 3.12. The molecule has 1 heterocycles. The van der Waals surface area contributed by atoms with E-state index < -0.39 is 0 Å². The van der Waals surface area contributed by atoms with Crippen LogP contribution in [0.1, 0.15) is 42.8 Å². The van der Waals surface area contributed by atoms with Crippen molar-refractivity contribution in [3.8, 4) is 5.75 Å². The van der Waals surface area contributed by atoms with E-state index in [0.717, 1.165) is 29.5 Å². The Morgan fingerprint density at radius 2 is 1.67 bits per heavy atom. The summed E-state index contributed by atoms with van der Waals surface area (Å²) in [5, 5.41) is 3.64. The topological polar surface area (TPSA) is 71.8 Å². The SMILES string of the molecule is CCCN(CCC)C(=O)c1oc2ccccc2c1NC(=O)Cc1ccc(OC)cc1. The van der Waals surface area contributed by atoms with Crippen molar-refractivity contribution in [1.82, 2.24) is 4.90 Å². The molecule has 0 spiro atoms.